The van der Waals surface area contributed by atoms with Gasteiger partial charge in [-0.1, -0.05) is 26.2 Å². The second kappa shape index (κ2) is 5.53. The SMILES string of the molecule is CCCCCC(C)n1cncc1C(N)=O. The number of unbranched alkanes of at least 4 members (excludes halogenated alkanes) is 2. The summed E-state index contributed by atoms with van der Waals surface area (Å²) in [6.45, 7) is 4.26. The highest BCUT2D eigenvalue weighted by Gasteiger charge is 2.12. The fourth-order valence-corrected chi connectivity index (χ4v) is 1.68. The maximum atomic E-state index is 11.1. The van der Waals surface area contributed by atoms with Gasteiger partial charge in [0.15, 0.2) is 0 Å². The van der Waals surface area contributed by atoms with Gasteiger partial charge in [0.25, 0.3) is 5.91 Å². The highest BCUT2D eigenvalue weighted by atomic mass is 16.1. The summed E-state index contributed by atoms with van der Waals surface area (Å²) in [4.78, 5) is 15.0. The van der Waals surface area contributed by atoms with Crippen LogP contribution in [0.4, 0.5) is 0 Å². The lowest BCUT2D eigenvalue weighted by Crippen LogP contribution is -2.18. The van der Waals surface area contributed by atoms with E-state index >= 15 is 0 Å². The minimum Gasteiger partial charge on any atom is -0.364 e. The molecular weight excluding hydrogens is 190 g/mol. The van der Waals surface area contributed by atoms with Gasteiger partial charge in [0.2, 0.25) is 0 Å². The first kappa shape index (κ1) is 11.8. The molecule has 0 spiro atoms. The number of primary amides is 1. The molecule has 4 nitrogen and oxygen atoms in total. The third kappa shape index (κ3) is 3.08. The van der Waals surface area contributed by atoms with Gasteiger partial charge in [0, 0.05) is 6.04 Å². The molecule has 0 aromatic carbocycles. The molecule has 1 rings (SSSR count). The van der Waals surface area contributed by atoms with Crippen LogP contribution in [0.15, 0.2) is 12.5 Å². The highest BCUT2D eigenvalue weighted by Crippen LogP contribution is 2.16. The van der Waals surface area contributed by atoms with E-state index in [1.807, 2.05) is 4.57 Å². The van der Waals surface area contributed by atoms with Crippen LogP contribution in [0.3, 0.4) is 0 Å². The smallest absolute Gasteiger partial charge is 0.266 e. The lowest BCUT2D eigenvalue weighted by atomic mass is 10.1. The summed E-state index contributed by atoms with van der Waals surface area (Å²) < 4.78 is 1.86. The summed E-state index contributed by atoms with van der Waals surface area (Å²) >= 11 is 0. The molecule has 15 heavy (non-hydrogen) atoms. The normalized spacial score (nSPS) is 12.7. The summed E-state index contributed by atoms with van der Waals surface area (Å²) in [7, 11) is 0. The van der Waals surface area contributed by atoms with Crippen molar-refractivity contribution in [3.8, 4) is 0 Å². The molecule has 0 fully saturated rings. The summed E-state index contributed by atoms with van der Waals surface area (Å²) in [5.74, 6) is -0.408. The Balaban J connectivity index is 2.60. The number of carbonyl (C=O) groups excluding carboxylic acids is 1. The van der Waals surface area contributed by atoms with Crippen LogP contribution < -0.4 is 5.73 Å². The Kier molecular flexibility index (Phi) is 4.34. The molecule has 1 aromatic rings. The van der Waals surface area contributed by atoms with Crippen molar-refractivity contribution in [1.29, 1.82) is 0 Å². The van der Waals surface area contributed by atoms with Gasteiger partial charge in [-0.15, -0.1) is 0 Å². The number of imidazole rings is 1. The van der Waals surface area contributed by atoms with Crippen molar-refractivity contribution in [2.75, 3.05) is 0 Å². The van der Waals surface area contributed by atoms with E-state index in [2.05, 4.69) is 18.8 Å². The van der Waals surface area contributed by atoms with Gasteiger partial charge in [-0.2, -0.15) is 0 Å². The molecule has 1 atom stereocenters. The summed E-state index contributed by atoms with van der Waals surface area (Å²) in [5.41, 5.74) is 5.75. The number of hydrogen-bond donors (Lipinski definition) is 1. The van der Waals surface area contributed by atoms with Crippen LogP contribution in [0.25, 0.3) is 0 Å². The fourth-order valence-electron chi connectivity index (χ4n) is 1.68. The molecule has 1 unspecified atom stereocenters. The number of amides is 1. The van der Waals surface area contributed by atoms with Crippen LogP contribution in [0.2, 0.25) is 0 Å². The fraction of sp³-hybridized carbons (Fsp3) is 0.636. The number of rotatable bonds is 6. The zero-order valence-electron chi connectivity index (χ0n) is 9.44. The Morgan fingerprint density at radius 1 is 1.60 bits per heavy atom. The average Bonchev–Trinajstić information content (AvgIpc) is 2.66. The Labute approximate surface area is 90.5 Å². The van der Waals surface area contributed by atoms with Crippen molar-refractivity contribution in [2.45, 2.75) is 45.6 Å². The van der Waals surface area contributed by atoms with Crippen LogP contribution in [0.5, 0.6) is 0 Å². The van der Waals surface area contributed by atoms with Crippen LogP contribution in [0, 0.1) is 0 Å². The van der Waals surface area contributed by atoms with Gasteiger partial charge in [-0.05, 0) is 13.3 Å². The third-order valence-electron chi connectivity index (χ3n) is 2.62. The molecule has 0 aliphatic heterocycles. The van der Waals surface area contributed by atoms with Gasteiger partial charge in [-0.3, -0.25) is 4.79 Å². The Bertz CT molecular complexity index is 319. The predicted molar refractivity (Wildman–Crippen MR) is 59.6 cm³/mol. The second-order valence-corrected chi connectivity index (χ2v) is 3.90. The zero-order valence-corrected chi connectivity index (χ0v) is 9.44. The summed E-state index contributed by atoms with van der Waals surface area (Å²) in [6, 6.07) is 0.293. The lowest BCUT2D eigenvalue weighted by molar-refractivity contribution is 0.0989. The lowest BCUT2D eigenvalue weighted by Gasteiger charge is -2.14. The quantitative estimate of drug-likeness (QED) is 0.729. The minimum absolute atomic E-state index is 0.293. The number of nitrogens with two attached hydrogens (primary N) is 1. The number of hydrogen-bond acceptors (Lipinski definition) is 2. The van der Waals surface area contributed by atoms with Gasteiger partial charge < -0.3 is 10.3 Å². The van der Waals surface area contributed by atoms with Gasteiger partial charge in [0.05, 0.1) is 12.5 Å². The molecule has 0 aliphatic carbocycles. The molecule has 0 saturated heterocycles. The van der Waals surface area contributed by atoms with Crippen molar-refractivity contribution < 1.29 is 4.79 Å². The first-order chi connectivity index (χ1) is 7.16. The predicted octanol–water partition coefficient (Wildman–Crippen LogP) is 2.12. The van der Waals surface area contributed by atoms with Crippen molar-refractivity contribution in [3.05, 3.63) is 18.2 Å². The van der Waals surface area contributed by atoms with Crippen molar-refractivity contribution in [2.24, 2.45) is 5.73 Å². The average molecular weight is 209 g/mol. The molecule has 1 amide bonds. The Hall–Kier alpha value is -1.32. The zero-order chi connectivity index (χ0) is 11.3. The Morgan fingerprint density at radius 3 is 2.93 bits per heavy atom. The van der Waals surface area contributed by atoms with E-state index in [4.69, 9.17) is 5.73 Å². The molecule has 1 aromatic heterocycles. The van der Waals surface area contributed by atoms with Gasteiger partial charge in [-0.25, -0.2) is 4.98 Å². The van der Waals surface area contributed by atoms with Crippen LogP contribution in [-0.4, -0.2) is 15.5 Å². The third-order valence-corrected chi connectivity index (χ3v) is 2.62. The number of nitrogens with zero attached hydrogens (tertiary/aromatic N) is 2. The molecule has 0 bridgehead atoms. The Morgan fingerprint density at radius 2 is 2.33 bits per heavy atom. The molecule has 1 heterocycles. The van der Waals surface area contributed by atoms with Crippen molar-refractivity contribution in [1.82, 2.24) is 9.55 Å². The molecular formula is C11H19N3O. The number of carbonyl (C=O) groups is 1. The van der Waals surface area contributed by atoms with E-state index in [-0.39, 0.29) is 0 Å². The summed E-state index contributed by atoms with van der Waals surface area (Å²) in [6.07, 6.45) is 7.87. The van der Waals surface area contributed by atoms with E-state index in [0.29, 0.717) is 11.7 Å². The van der Waals surface area contributed by atoms with Crippen LogP contribution in [0.1, 0.15) is 56.1 Å². The maximum absolute atomic E-state index is 11.1. The minimum atomic E-state index is -0.408. The monoisotopic (exact) mass is 209 g/mol. The molecule has 2 N–H and O–H groups in total. The topological polar surface area (TPSA) is 60.9 Å². The van der Waals surface area contributed by atoms with Gasteiger partial charge in [0.1, 0.15) is 5.69 Å². The van der Waals surface area contributed by atoms with E-state index < -0.39 is 5.91 Å². The molecule has 0 saturated carbocycles. The molecule has 0 radical (unpaired) electrons. The molecule has 0 aliphatic rings. The van der Waals surface area contributed by atoms with Crippen molar-refractivity contribution >= 4 is 5.91 Å². The first-order valence-electron chi connectivity index (χ1n) is 5.48. The van der Waals surface area contributed by atoms with E-state index in [1.165, 1.54) is 25.5 Å². The van der Waals surface area contributed by atoms with Crippen LogP contribution >= 0.6 is 0 Å². The molecule has 84 valence electrons. The number of aromatic nitrogens is 2. The van der Waals surface area contributed by atoms with E-state index in [1.54, 1.807) is 6.33 Å². The van der Waals surface area contributed by atoms with Crippen molar-refractivity contribution in [3.63, 3.8) is 0 Å². The maximum Gasteiger partial charge on any atom is 0.266 e. The largest absolute Gasteiger partial charge is 0.364 e. The van der Waals surface area contributed by atoms with E-state index in [9.17, 15) is 4.79 Å². The standard InChI is InChI=1S/C11H19N3O/c1-3-4-5-6-9(2)14-8-13-7-10(14)11(12)15/h7-9H,3-6H2,1-2H3,(H2,12,15). The van der Waals surface area contributed by atoms with E-state index in [0.717, 1.165) is 6.42 Å². The van der Waals surface area contributed by atoms with Crippen LogP contribution in [-0.2, 0) is 0 Å². The molecule has 4 heteroatoms. The second-order valence-electron chi connectivity index (χ2n) is 3.90. The highest BCUT2D eigenvalue weighted by molar-refractivity contribution is 5.90. The van der Waals surface area contributed by atoms with Gasteiger partial charge >= 0.3 is 0 Å². The first-order valence-corrected chi connectivity index (χ1v) is 5.48. The summed E-state index contributed by atoms with van der Waals surface area (Å²) in [5, 5.41) is 0.